The van der Waals surface area contributed by atoms with Gasteiger partial charge in [0.05, 0.1) is 18.2 Å². The molecule has 4 nitrogen and oxygen atoms in total. The van der Waals surface area contributed by atoms with Crippen LogP contribution in [0.15, 0.2) is 40.7 Å². The quantitative estimate of drug-likeness (QED) is 0.448. The Balaban J connectivity index is 0.00000242. The zero-order chi connectivity index (χ0) is 15.1. The van der Waals surface area contributed by atoms with Gasteiger partial charge in [-0.2, -0.15) is 5.26 Å². The van der Waals surface area contributed by atoms with Gasteiger partial charge in [-0.15, -0.1) is 35.3 Å². The Morgan fingerprint density at radius 1 is 1.27 bits per heavy atom. The average molecular weight is 426 g/mol. The highest BCUT2D eigenvalue weighted by molar-refractivity contribution is 14.0. The molecule has 0 bridgehead atoms. The van der Waals surface area contributed by atoms with Gasteiger partial charge in [-0.05, 0) is 41.6 Å². The maximum Gasteiger partial charge on any atom is 0.191 e. The summed E-state index contributed by atoms with van der Waals surface area (Å²) in [6.07, 6.45) is 0. The molecule has 0 saturated carbocycles. The SMILES string of the molecule is CN=C(NCc1cccc(C#N)c1)NCc1sccc1C.I. The van der Waals surface area contributed by atoms with Crippen LogP contribution in [0.4, 0.5) is 0 Å². The first-order valence-electron chi connectivity index (χ1n) is 6.69. The van der Waals surface area contributed by atoms with E-state index in [1.54, 1.807) is 24.5 Å². The van der Waals surface area contributed by atoms with E-state index in [0.717, 1.165) is 18.1 Å². The summed E-state index contributed by atoms with van der Waals surface area (Å²) >= 11 is 1.74. The number of hydrogen-bond acceptors (Lipinski definition) is 3. The van der Waals surface area contributed by atoms with Crippen molar-refractivity contribution in [3.63, 3.8) is 0 Å². The number of thiophene rings is 1. The van der Waals surface area contributed by atoms with Gasteiger partial charge in [0.1, 0.15) is 0 Å². The van der Waals surface area contributed by atoms with Crippen LogP contribution in [0.1, 0.15) is 21.6 Å². The first-order valence-corrected chi connectivity index (χ1v) is 7.57. The Hall–Kier alpha value is -1.59. The first-order chi connectivity index (χ1) is 10.2. The maximum atomic E-state index is 8.90. The second-order valence-electron chi connectivity index (χ2n) is 4.62. The molecule has 0 spiro atoms. The fourth-order valence-electron chi connectivity index (χ4n) is 1.91. The molecule has 0 aliphatic rings. The maximum absolute atomic E-state index is 8.90. The molecule has 22 heavy (non-hydrogen) atoms. The van der Waals surface area contributed by atoms with Crippen molar-refractivity contribution in [2.75, 3.05) is 7.05 Å². The standard InChI is InChI=1S/C16H18N4S.HI/c1-12-6-7-21-15(12)11-20-16(18-2)19-10-14-5-3-4-13(8-14)9-17;/h3-8H,10-11H2,1-2H3,(H2,18,19,20);1H. The molecular formula is C16H19IN4S. The molecule has 1 heterocycles. The fraction of sp³-hybridized carbons (Fsp3) is 0.250. The monoisotopic (exact) mass is 426 g/mol. The molecule has 0 aliphatic heterocycles. The van der Waals surface area contributed by atoms with Crippen molar-refractivity contribution >= 4 is 41.3 Å². The Morgan fingerprint density at radius 3 is 2.68 bits per heavy atom. The summed E-state index contributed by atoms with van der Waals surface area (Å²) in [5.41, 5.74) is 3.03. The van der Waals surface area contributed by atoms with Crippen molar-refractivity contribution < 1.29 is 0 Å². The van der Waals surface area contributed by atoms with Gasteiger partial charge >= 0.3 is 0 Å². The molecule has 1 aromatic carbocycles. The Morgan fingerprint density at radius 2 is 2.05 bits per heavy atom. The molecule has 2 rings (SSSR count). The van der Waals surface area contributed by atoms with Crippen LogP contribution in [0.25, 0.3) is 0 Å². The summed E-state index contributed by atoms with van der Waals surface area (Å²) in [6, 6.07) is 11.8. The highest BCUT2D eigenvalue weighted by Gasteiger charge is 2.02. The summed E-state index contributed by atoms with van der Waals surface area (Å²) in [5.74, 6) is 0.755. The van der Waals surface area contributed by atoms with Gasteiger partial charge in [0.25, 0.3) is 0 Å². The minimum atomic E-state index is 0. The Bertz CT molecular complexity index is 673. The van der Waals surface area contributed by atoms with E-state index in [9.17, 15) is 0 Å². The normalized spacial score (nSPS) is 10.5. The lowest BCUT2D eigenvalue weighted by Crippen LogP contribution is -2.36. The van der Waals surface area contributed by atoms with Crippen LogP contribution in [0, 0.1) is 18.3 Å². The van der Waals surface area contributed by atoms with E-state index >= 15 is 0 Å². The van der Waals surface area contributed by atoms with E-state index in [1.165, 1.54) is 10.4 Å². The number of rotatable bonds is 4. The molecule has 0 aliphatic carbocycles. The number of nitriles is 1. The third-order valence-corrected chi connectivity index (χ3v) is 4.15. The van der Waals surface area contributed by atoms with Crippen LogP contribution in [-0.2, 0) is 13.1 Å². The molecule has 0 fully saturated rings. The number of nitrogens with zero attached hydrogens (tertiary/aromatic N) is 2. The number of nitrogens with one attached hydrogen (secondary N) is 2. The minimum absolute atomic E-state index is 0. The van der Waals surface area contributed by atoms with Crippen LogP contribution in [0.5, 0.6) is 0 Å². The minimum Gasteiger partial charge on any atom is -0.352 e. The van der Waals surface area contributed by atoms with Gasteiger partial charge in [-0.25, -0.2) is 0 Å². The van der Waals surface area contributed by atoms with E-state index in [1.807, 2.05) is 18.2 Å². The van der Waals surface area contributed by atoms with Crippen molar-refractivity contribution in [1.29, 1.82) is 5.26 Å². The topological polar surface area (TPSA) is 60.2 Å². The highest BCUT2D eigenvalue weighted by atomic mass is 127. The van der Waals surface area contributed by atoms with Gasteiger partial charge in [-0.1, -0.05) is 12.1 Å². The first kappa shape index (κ1) is 18.5. The molecule has 0 radical (unpaired) electrons. The molecular weight excluding hydrogens is 407 g/mol. The molecule has 0 atom stereocenters. The summed E-state index contributed by atoms with van der Waals surface area (Å²) in [7, 11) is 1.75. The predicted octanol–water partition coefficient (Wildman–Crippen LogP) is 3.41. The second kappa shape index (κ2) is 9.43. The van der Waals surface area contributed by atoms with Gasteiger partial charge < -0.3 is 10.6 Å². The molecule has 1 aromatic heterocycles. The number of aliphatic imine (C=N–C) groups is 1. The molecule has 0 amide bonds. The van der Waals surface area contributed by atoms with E-state index < -0.39 is 0 Å². The van der Waals surface area contributed by atoms with Crippen LogP contribution in [-0.4, -0.2) is 13.0 Å². The van der Waals surface area contributed by atoms with Gasteiger partial charge in [0.2, 0.25) is 0 Å². The summed E-state index contributed by atoms with van der Waals surface area (Å²) in [4.78, 5) is 5.52. The van der Waals surface area contributed by atoms with Crippen molar-refractivity contribution in [2.45, 2.75) is 20.0 Å². The summed E-state index contributed by atoms with van der Waals surface area (Å²) < 4.78 is 0. The van der Waals surface area contributed by atoms with Crippen LogP contribution in [0.3, 0.4) is 0 Å². The lowest BCUT2D eigenvalue weighted by molar-refractivity contribution is 0.813. The molecule has 6 heteroatoms. The van der Waals surface area contributed by atoms with E-state index in [-0.39, 0.29) is 24.0 Å². The van der Waals surface area contributed by atoms with E-state index in [0.29, 0.717) is 12.1 Å². The van der Waals surface area contributed by atoms with Crippen molar-refractivity contribution in [2.24, 2.45) is 4.99 Å². The highest BCUT2D eigenvalue weighted by Crippen LogP contribution is 2.14. The summed E-state index contributed by atoms with van der Waals surface area (Å²) in [5, 5.41) is 17.5. The third-order valence-electron chi connectivity index (χ3n) is 3.12. The van der Waals surface area contributed by atoms with Gasteiger partial charge in [0, 0.05) is 18.5 Å². The predicted molar refractivity (Wildman–Crippen MR) is 103 cm³/mol. The third kappa shape index (κ3) is 5.31. The van der Waals surface area contributed by atoms with Crippen molar-refractivity contribution in [3.8, 4) is 6.07 Å². The van der Waals surface area contributed by atoms with E-state index in [4.69, 9.17) is 5.26 Å². The lowest BCUT2D eigenvalue weighted by atomic mass is 10.1. The second-order valence-corrected chi connectivity index (χ2v) is 5.62. The molecule has 0 saturated heterocycles. The lowest BCUT2D eigenvalue weighted by Gasteiger charge is -2.12. The molecule has 0 unspecified atom stereocenters. The zero-order valence-corrected chi connectivity index (χ0v) is 15.7. The number of guanidine groups is 1. The smallest absolute Gasteiger partial charge is 0.191 e. The van der Waals surface area contributed by atoms with Crippen LogP contribution in [0.2, 0.25) is 0 Å². The van der Waals surface area contributed by atoms with Crippen molar-refractivity contribution in [3.05, 3.63) is 57.3 Å². The number of aryl methyl sites for hydroxylation is 1. The van der Waals surface area contributed by atoms with Crippen molar-refractivity contribution in [1.82, 2.24) is 10.6 Å². The van der Waals surface area contributed by atoms with Gasteiger partial charge in [0.15, 0.2) is 5.96 Å². The molecule has 116 valence electrons. The zero-order valence-electron chi connectivity index (χ0n) is 12.6. The number of halogens is 1. The van der Waals surface area contributed by atoms with Gasteiger partial charge in [-0.3, -0.25) is 4.99 Å². The summed E-state index contributed by atoms with van der Waals surface area (Å²) in [6.45, 7) is 3.51. The van der Waals surface area contributed by atoms with E-state index in [2.05, 4.69) is 40.1 Å². The molecule has 2 aromatic rings. The van der Waals surface area contributed by atoms with Crippen LogP contribution >= 0.6 is 35.3 Å². The fourth-order valence-corrected chi connectivity index (χ4v) is 2.75. The Kier molecular flexibility index (Phi) is 7.91. The number of hydrogen-bond donors (Lipinski definition) is 2. The van der Waals surface area contributed by atoms with Crippen LogP contribution < -0.4 is 10.6 Å². The Labute approximate surface area is 152 Å². The largest absolute Gasteiger partial charge is 0.352 e. The molecule has 2 N–H and O–H groups in total. The average Bonchev–Trinajstić information content (AvgIpc) is 2.93. The number of benzene rings is 1.